The van der Waals surface area contributed by atoms with E-state index in [9.17, 15) is 0 Å². The SMILES string of the molecule is COc1cc(C)nc(-n2ncc(/C=C/CN3CCN(c4ccccc4C)CC3)c2C)n1. The predicted octanol–water partition coefficient (Wildman–Crippen LogP) is 3.43. The number of hydrogen-bond donors (Lipinski definition) is 0. The first kappa shape index (κ1) is 21.1. The van der Waals surface area contributed by atoms with E-state index >= 15 is 0 Å². The van der Waals surface area contributed by atoms with Crippen molar-refractivity contribution < 1.29 is 4.74 Å². The van der Waals surface area contributed by atoms with Crippen LogP contribution in [0.2, 0.25) is 0 Å². The lowest BCUT2D eigenvalue weighted by Crippen LogP contribution is -2.46. The van der Waals surface area contributed by atoms with Gasteiger partial charge in [0.2, 0.25) is 5.88 Å². The van der Waals surface area contributed by atoms with Crippen LogP contribution in [0.1, 0.15) is 22.5 Å². The maximum atomic E-state index is 5.26. The Labute approximate surface area is 184 Å². The van der Waals surface area contributed by atoms with E-state index in [1.807, 2.05) is 26.1 Å². The number of benzene rings is 1. The summed E-state index contributed by atoms with van der Waals surface area (Å²) in [5.74, 6) is 1.07. The van der Waals surface area contributed by atoms with Crippen LogP contribution in [0.5, 0.6) is 5.88 Å². The van der Waals surface area contributed by atoms with Crippen LogP contribution in [0.3, 0.4) is 0 Å². The molecule has 31 heavy (non-hydrogen) atoms. The lowest BCUT2D eigenvalue weighted by Gasteiger charge is -2.36. The number of aromatic nitrogens is 4. The molecule has 0 atom stereocenters. The predicted molar refractivity (Wildman–Crippen MR) is 124 cm³/mol. The summed E-state index contributed by atoms with van der Waals surface area (Å²) in [5.41, 5.74) is 5.63. The van der Waals surface area contributed by atoms with Crippen molar-refractivity contribution in [1.29, 1.82) is 0 Å². The lowest BCUT2D eigenvalue weighted by molar-refractivity contribution is 0.284. The molecule has 0 aliphatic carbocycles. The first-order valence-electron chi connectivity index (χ1n) is 10.7. The molecule has 3 aromatic rings. The second kappa shape index (κ2) is 9.31. The minimum atomic E-state index is 0.529. The van der Waals surface area contributed by atoms with Gasteiger partial charge in [0.25, 0.3) is 5.95 Å². The molecule has 1 fully saturated rings. The van der Waals surface area contributed by atoms with Gasteiger partial charge in [0.05, 0.1) is 19.0 Å². The number of aryl methyl sites for hydroxylation is 2. The van der Waals surface area contributed by atoms with Gasteiger partial charge in [-0.15, -0.1) is 0 Å². The molecule has 0 unspecified atom stereocenters. The Bertz CT molecular complexity index is 1070. The van der Waals surface area contributed by atoms with E-state index in [1.165, 1.54) is 11.3 Å². The van der Waals surface area contributed by atoms with Crippen LogP contribution in [-0.2, 0) is 0 Å². The highest BCUT2D eigenvalue weighted by atomic mass is 16.5. The van der Waals surface area contributed by atoms with Gasteiger partial charge >= 0.3 is 0 Å². The molecule has 4 rings (SSSR count). The molecular formula is C24H30N6O. The van der Waals surface area contributed by atoms with E-state index < -0.39 is 0 Å². The highest BCUT2D eigenvalue weighted by Gasteiger charge is 2.17. The molecule has 7 heteroatoms. The molecular weight excluding hydrogens is 388 g/mol. The van der Waals surface area contributed by atoms with Gasteiger partial charge in [-0.1, -0.05) is 30.4 Å². The number of para-hydroxylation sites is 1. The maximum Gasteiger partial charge on any atom is 0.254 e. The van der Waals surface area contributed by atoms with Crippen LogP contribution in [0.15, 0.2) is 42.6 Å². The van der Waals surface area contributed by atoms with E-state index in [2.05, 4.69) is 68.2 Å². The van der Waals surface area contributed by atoms with Gasteiger partial charge in [-0.25, -0.2) is 9.67 Å². The molecule has 162 valence electrons. The van der Waals surface area contributed by atoms with E-state index in [0.29, 0.717) is 11.8 Å². The Kier molecular flexibility index (Phi) is 6.32. The minimum Gasteiger partial charge on any atom is -0.481 e. The van der Waals surface area contributed by atoms with Gasteiger partial charge in [0.15, 0.2) is 0 Å². The molecule has 7 nitrogen and oxygen atoms in total. The van der Waals surface area contributed by atoms with Gasteiger partial charge in [-0.2, -0.15) is 10.1 Å². The summed E-state index contributed by atoms with van der Waals surface area (Å²) < 4.78 is 7.02. The highest BCUT2D eigenvalue weighted by Crippen LogP contribution is 2.21. The van der Waals surface area contributed by atoms with Crippen molar-refractivity contribution in [1.82, 2.24) is 24.6 Å². The third kappa shape index (κ3) is 4.77. The summed E-state index contributed by atoms with van der Waals surface area (Å²) in [6, 6.07) is 10.4. The number of nitrogens with zero attached hydrogens (tertiary/aromatic N) is 6. The minimum absolute atomic E-state index is 0.529. The Morgan fingerprint density at radius 2 is 1.81 bits per heavy atom. The van der Waals surface area contributed by atoms with Crippen molar-refractivity contribution in [2.45, 2.75) is 20.8 Å². The zero-order valence-corrected chi connectivity index (χ0v) is 18.7. The normalized spacial score (nSPS) is 15.0. The van der Waals surface area contributed by atoms with Gasteiger partial charge in [-0.05, 0) is 32.4 Å². The quantitative estimate of drug-likeness (QED) is 0.611. The number of ether oxygens (including phenoxy) is 1. The van der Waals surface area contributed by atoms with E-state index in [-0.39, 0.29) is 0 Å². The smallest absolute Gasteiger partial charge is 0.254 e. The average molecular weight is 419 g/mol. The molecule has 0 spiro atoms. The zero-order chi connectivity index (χ0) is 21.8. The van der Waals surface area contributed by atoms with Crippen molar-refractivity contribution in [3.63, 3.8) is 0 Å². The molecule has 0 saturated carbocycles. The fourth-order valence-electron chi connectivity index (χ4n) is 3.93. The van der Waals surface area contributed by atoms with Crippen LogP contribution in [0.4, 0.5) is 5.69 Å². The summed E-state index contributed by atoms with van der Waals surface area (Å²) >= 11 is 0. The Morgan fingerprint density at radius 1 is 1.03 bits per heavy atom. The van der Waals surface area contributed by atoms with Crippen LogP contribution < -0.4 is 9.64 Å². The molecule has 2 aromatic heterocycles. The van der Waals surface area contributed by atoms with Gasteiger partial charge < -0.3 is 9.64 Å². The lowest BCUT2D eigenvalue weighted by atomic mass is 10.1. The fraction of sp³-hybridized carbons (Fsp3) is 0.375. The molecule has 1 aliphatic heterocycles. The molecule has 0 bridgehead atoms. The standard InChI is InChI=1S/C24H30N6O/c1-18-8-5-6-10-22(18)29-14-12-28(13-15-29)11-7-9-21-17-25-30(20(21)3)24-26-19(2)16-23(27-24)31-4/h5-10,16-17H,11-15H2,1-4H3/b9-7+. The largest absolute Gasteiger partial charge is 0.481 e. The van der Waals surface area contributed by atoms with Crippen LogP contribution >= 0.6 is 0 Å². The summed E-state index contributed by atoms with van der Waals surface area (Å²) in [4.78, 5) is 13.9. The second-order valence-electron chi connectivity index (χ2n) is 7.93. The monoisotopic (exact) mass is 418 g/mol. The number of methoxy groups -OCH3 is 1. The van der Waals surface area contributed by atoms with Crippen LogP contribution in [0, 0.1) is 20.8 Å². The highest BCUT2D eigenvalue weighted by molar-refractivity contribution is 5.54. The van der Waals surface area contributed by atoms with E-state index in [0.717, 1.165) is 49.7 Å². The second-order valence-corrected chi connectivity index (χ2v) is 7.93. The molecule has 0 radical (unpaired) electrons. The van der Waals surface area contributed by atoms with E-state index in [4.69, 9.17) is 4.74 Å². The third-order valence-corrected chi connectivity index (χ3v) is 5.75. The molecule has 0 N–H and O–H groups in total. The van der Waals surface area contributed by atoms with Crippen molar-refractivity contribution >= 4 is 11.8 Å². The Morgan fingerprint density at radius 3 is 2.55 bits per heavy atom. The first-order valence-corrected chi connectivity index (χ1v) is 10.7. The zero-order valence-electron chi connectivity index (χ0n) is 18.7. The number of hydrogen-bond acceptors (Lipinski definition) is 6. The van der Waals surface area contributed by atoms with E-state index in [1.54, 1.807) is 11.8 Å². The van der Waals surface area contributed by atoms with Crippen LogP contribution in [0.25, 0.3) is 12.0 Å². The third-order valence-electron chi connectivity index (χ3n) is 5.75. The summed E-state index contributed by atoms with van der Waals surface area (Å²) in [6.07, 6.45) is 6.22. The topological polar surface area (TPSA) is 59.3 Å². The molecule has 0 amide bonds. The summed E-state index contributed by atoms with van der Waals surface area (Å²) in [5, 5.41) is 4.48. The van der Waals surface area contributed by atoms with Gasteiger partial charge in [0, 0.05) is 55.7 Å². The number of piperazine rings is 1. The number of anilines is 1. The first-order chi connectivity index (χ1) is 15.0. The summed E-state index contributed by atoms with van der Waals surface area (Å²) in [6.45, 7) is 11.3. The maximum absolute atomic E-state index is 5.26. The molecule has 1 aromatic carbocycles. The van der Waals surface area contributed by atoms with Gasteiger partial charge in [0.1, 0.15) is 0 Å². The summed E-state index contributed by atoms with van der Waals surface area (Å²) in [7, 11) is 1.61. The van der Waals surface area contributed by atoms with Crippen molar-refractivity contribution in [3.05, 3.63) is 65.1 Å². The van der Waals surface area contributed by atoms with Crippen LogP contribution in [-0.4, -0.2) is 64.5 Å². The average Bonchev–Trinajstić information content (AvgIpc) is 3.14. The molecule has 1 saturated heterocycles. The Balaban J connectivity index is 1.36. The Hall–Kier alpha value is -3.19. The number of rotatable bonds is 6. The fourth-order valence-corrected chi connectivity index (χ4v) is 3.93. The van der Waals surface area contributed by atoms with Crippen molar-refractivity contribution in [3.8, 4) is 11.8 Å². The van der Waals surface area contributed by atoms with Crippen molar-refractivity contribution in [2.24, 2.45) is 0 Å². The molecule has 1 aliphatic rings. The van der Waals surface area contributed by atoms with Gasteiger partial charge in [-0.3, -0.25) is 4.90 Å². The van der Waals surface area contributed by atoms with Crippen molar-refractivity contribution in [2.75, 3.05) is 44.7 Å². The molecule has 3 heterocycles.